The number of amides is 1. The molecule has 5 heteroatoms. The molecular weight excluding hydrogens is 278 g/mol. The summed E-state index contributed by atoms with van der Waals surface area (Å²) in [5, 5.41) is 9.34. The van der Waals surface area contributed by atoms with Crippen LogP contribution in [0.15, 0.2) is 43.0 Å². The van der Waals surface area contributed by atoms with Crippen LogP contribution in [0.5, 0.6) is 0 Å². The lowest BCUT2D eigenvalue weighted by Crippen LogP contribution is -2.46. The molecule has 2 heterocycles. The summed E-state index contributed by atoms with van der Waals surface area (Å²) in [6.07, 6.45) is 7.26. The van der Waals surface area contributed by atoms with Crippen molar-refractivity contribution >= 4 is 5.91 Å². The fourth-order valence-corrected chi connectivity index (χ4v) is 2.97. The van der Waals surface area contributed by atoms with Crippen LogP contribution in [0.4, 0.5) is 0 Å². The van der Waals surface area contributed by atoms with E-state index in [0.717, 1.165) is 18.5 Å². The Balaban J connectivity index is 1.77. The van der Waals surface area contributed by atoms with Gasteiger partial charge in [-0.15, -0.1) is 0 Å². The molecule has 1 N–H and O–H groups in total. The zero-order chi connectivity index (χ0) is 15.5. The van der Waals surface area contributed by atoms with Crippen LogP contribution in [0.3, 0.4) is 0 Å². The second-order valence-corrected chi connectivity index (χ2v) is 5.95. The quantitative estimate of drug-likeness (QED) is 0.944. The molecule has 0 aliphatic carbocycles. The highest BCUT2D eigenvalue weighted by molar-refractivity contribution is 5.94. The van der Waals surface area contributed by atoms with Crippen molar-refractivity contribution in [3.63, 3.8) is 0 Å². The van der Waals surface area contributed by atoms with Gasteiger partial charge >= 0.3 is 0 Å². The van der Waals surface area contributed by atoms with Crippen molar-refractivity contribution in [2.24, 2.45) is 5.92 Å². The van der Waals surface area contributed by atoms with Crippen LogP contribution in [-0.4, -0.2) is 44.7 Å². The van der Waals surface area contributed by atoms with Gasteiger partial charge in [0.1, 0.15) is 0 Å². The lowest BCUT2D eigenvalue weighted by molar-refractivity contribution is 0.0489. The molecule has 1 aromatic heterocycles. The minimum atomic E-state index is 0.0443. The Kier molecular flexibility index (Phi) is 4.24. The summed E-state index contributed by atoms with van der Waals surface area (Å²) in [5.74, 6) is 0.244. The molecule has 0 radical (unpaired) electrons. The van der Waals surface area contributed by atoms with Crippen LogP contribution < -0.4 is 0 Å². The van der Waals surface area contributed by atoms with Crippen molar-refractivity contribution in [1.82, 2.24) is 14.5 Å². The van der Waals surface area contributed by atoms with E-state index in [1.807, 2.05) is 39.9 Å². The minimum absolute atomic E-state index is 0.0443. The minimum Gasteiger partial charge on any atom is -0.396 e. The van der Waals surface area contributed by atoms with Gasteiger partial charge in [0.05, 0.1) is 6.33 Å². The fraction of sp³-hybridized carbons (Fsp3) is 0.412. The second-order valence-electron chi connectivity index (χ2n) is 5.95. The molecule has 1 fully saturated rings. The highest BCUT2D eigenvalue weighted by atomic mass is 16.3. The highest BCUT2D eigenvalue weighted by Crippen LogP contribution is 2.23. The number of benzene rings is 1. The molecule has 0 saturated carbocycles. The van der Waals surface area contributed by atoms with Crippen LogP contribution >= 0.6 is 0 Å². The van der Waals surface area contributed by atoms with E-state index in [1.54, 1.807) is 12.5 Å². The molecule has 1 amide bonds. The van der Waals surface area contributed by atoms with Gasteiger partial charge in [-0.1, -0.05) is 0 Å². The van der Waals surface area contributed by atoms with Crippen LogP contribution in [0.2, 0.25) is 0 Å². The summed E-state index contributed by atoms with van der Waals surface area (Å²) >= 11 is 0. The number of hydrogen-bond donors (Lipinski definition) is 1. The molecule has 1 aliphatic rings. The molecule has 1 aromatic carbocycles. The number of nitrogens with zero attached hydrogens (tertiary/aromatic N) is 3. The van der Waals surface area contributed by atoms with Gasteiger partial charge in [-0.2, -0.15) is 0 Å². The van der Waals surface area contributed by atoms with Crippen LogP contribution in [0, 0.1) is 5.92 Å². The normalized spacial score (nSPS) is 21.8. The summed E-state index contributed by atoms with van der Waals surface area (Å²) in [6.45, 7) is 2.86. The van der Waals surface area contributed by atoms with E-state index in [2.05, 4.69) is 11.9 Å². The lowest BCUT2D eigenvalue weighted by atomic mass is 9.93. The highest BCUT2D eigenvalue weighted by Gasteiger charge is 2.29. The van der Waals surface area contributed by atoms with Crippen LogP contribution in [0.1, 0.15) is 30.1 Å². The predicted molar refractivity (Wildman–Crippen MR) is 83.9 cm³/mol. The van der Waals surface area contributed by atoms with Gasteiger partial charge in [0.15, 0.2) is 0 Å². The maximum Gasteiger partial charge on any atom is 0.254 e. The van der Waals surface area contributed by atoms with Crippen molar-refractivity contribution in [1.29, 1.82) is 0 Å². The van der Waals surface area contributed by atoms with E-state index in [-0.39, 0.29) is 24.5 Å². The Hall–Kier alpha value is -2.14. The molecule has 116 valence electrons. The standard InChI is InChI=1S/C17H21N3O2/c1-13-2-3-14(11-21)10-20(13)17(22)15-4-6-16(7-5-15)19-9-8-18-12-19/h4-9,12-14,21H,2-3,10-11H2,1H3. The van der Waals surface area contributed by atoms with Gasteiger partial charge in [0.25, 0.3) is 5.91 Å². The number of imidazole rings is 1. The maximum atomic E-state index is 12.7. The van der Waals surface area contributed by atoms with Crippen molar-refractivity contribution in [2.75, 3.05) is 13.2 Å². The monoisotopic (exact) mass is 299 g/mol. The maximum absolute atomic E-state index is 12.7. The van der Waals surface area contributed by atoms with Gasteiger partial charge in [-0.25, -0.2) is 4.98 Å². The number of piperidine rings is 1. The fourth-order valence-electron chi connectivity index (χ4n) is 2.97. The van der Waals surface area contributed by atoms with Gasteiger partial charge in [-0.3, -0.25) is 4.79 Å². The third-order valence-electron chi connectivity index (χ3n) is 4.42. The molecule has 1 aliphatic heterocycles. The lowest BCUT2D eigenvalue weighted by Gasteiger charge is -2.37. The first-order valence-corrected chi connectivity index (χ1v) is 7.69. The number of carbonyl (C=O) groups is 1. The Morgan fingerprint density at radius 1 is 1.32 bits per heavy atom. The molecule has 5 nitrogen and oxygen atoms in total. The van der Waals surface area contributed by atoms with E-state index in [9.17, 15) is 9.90 Å². The number of aromatic nitrogens is 2. The first-order chi connectivity index (χ1) is 10.7. The van der Waals surface area contributed by atoms with Crippen molar-refractivity contribution in [3.8, 4) is 5.69 Å². The largest absolute Gasteiger partial charge is 0.396 e. The third kappa shape index (κ3) is 2.90. The molecule has 0 spiro atoms. The third-order valence-corrected chi connectivity index (χ3v) is 4.42. The Morgan fingerprint density at radius 2 is 2.09 bits per heavy atom. The Labute approximate surface area is 130 Å². The molecule has 2 aromatic rings. The Bertz CT molecular complexity index is 622. The number of carbonyl (C=O) groups excluding carboxylic acids is 1. The summed E-state index contributed by atoms with van der Waals surface area (Å²) < 4.78 is 1.90. The van der Waals surface area contributed by atoms with Crippen molar-refractivity contribution in [3.05, 3.63) is 48.5 Å². The summed E-state index contributed by atoms with van der Waals surface area (Å²) in [7, 11) is 0. The number of likely N-dealkylation sites (tertiary alicyclic amines) is 1. The van der Waals surface area contributed by atoms with Gasteiger partial charge in [-0.05, 0) is 49.9 Å². The molecule has 1 saturated heterocycles. The number of rotatable bonds is 3. The number of aliphatic hydroxyl groups excluding tert-OH is 1. The molecule has 2 unspecified atom stereocenters. The molecule has 2 atom stereocenters. The van der Waals surface area contributed by atoms with Gasteiger partial charge in [0.2, 0.25) is 0 Å². The average Bonchev–Trinajstić information content (AvgIpc) is 3.09. The Morgan fingerprint density at radius 3 is 2.73 bits per heavy atom. The summed E-state index contributed by atoms with van der Waals surface area (Å²) in [4.78, 5) is 18.6. The van der Waals surface area contributed by atoms with Crippen LogP contribution in [-0.2, 0) is 0 Å². The molecule has 0 bridgehead atoms. The van der Waals surface area contributed by atoms with E-state index >= 15 is 0 Å². The number of aliphatic hydroxyl groups is 1. The second kappa shape index (κ2) is 6.32. The predicted octanol–water partition coefficient (Wildman–Crippen LogP) is 2.11. The van der Waals surface area contributed by atoms with E-state index in [4.69, 9.17) is 0 Å². The molecular formula is C17H21N3O2. The first kappa shape index (κ1) is 14.8. The zero-order valence-corrected chi connectivity index (χ0v) is 12.7. The van der Waals surface area contributed by atoms with Gasteiger partial charge < -0.3 is 14.6 Å². The SMILES string of the molecule is CC1CCC(CO)CN1C(=O)c1ccc(-n2ccnc2)cc1. The van der Waals surface area contributed by atoms with E-state index < -0.39 is 0 Å². The molecule has 22 heavy (non-hydrogen) atoms. The summed E-state index contributed by atoms with van der Waals surface area (Å²) in [5.41, 5.74) is 1.67. The van der Waals surface area contributed by atoms with E-state index in [0.29, 0.717) is 12.1 Å². The van der Waals surface area contributed by atoms with Crippen molar-refractivity contribution < 1.29 is 9.90 Å². The summed E-state index contributed by atoms with van der Waals surface area (Å²) in [6, 6.07) is 7.78. The number of hydrogen-bond acceptors (Lipinski definition) is 3. The molecule has 3 rings (SSSR count). The zero-order valence-electron chi connectivity index (χ0n) is 12.7. The van der Waals surface area contributed by atoms with Gasteiger partial charge in [0, 0.05) is 42.8 Å². The topological polar surface area (TPSA) is 58.4 Å². The first-order valence-electron chi connectivity index (χ1n) is 7.69. The van der Waals surface area contributed by atoms with E-state index in [1.165, 1.54) is 0 Å². The van der Waals surface area contributed by atoms with Crippen LogP contribution in [0.25, 0.3) is 5.69 Å². The smallest absolute Gasteiger partial charge is 0.254 e. The van der Waals surface area contributed by atoms with Crippen molar-refractivity contribution in [2.45, 2.75) is 25.8 Å². The average molecular weight is 299 g/mol.